The maximum atomic E-state index is 13.3. The first-order valence-electron chi connectivity index (χ1n) is 6.73. The Bertz CT molecular complexity index is 935. The van der Waals surface area contributed by atoms with Crippen molar-refractivity contribution in [3.8, 4) is 0 Å². The molecule has 0 atom stereocenters. The lowest BCUT2D eigenvalue weighted by molar-refractivity contribution is 0.601. The van der Waals surface area contributed by atoms with E-state index in [1.807, 2.05) is 6.92 Å². The molecule has 22 heavy (non-hydrogen) atoms. The van der Waals surface area contributed by atoms with Crippen molar-refractivity contribution >= 4 is 26.5 Å². The summed E-state index contributed by atoms with van der Waals surface area (Å²) in [7, 11) is -3.65. The zero-order chi connectivity index (χ0) is 15.7. The smallest absolute Gasteiger partial charge is 0.261 e. The minimum atomic E-state index is -3.65. The van der Waals surface area contributed by atoms with E-state index in [-0.39, 0.29) is 10.7 Å². The Kier molecular flexibility index (Phi) is 3.58. The quantitative estimate of drug-likeness (QED) is 0.791. The number of halogens is 1. The highest BCUT2D eigenvalue weighted by atomic mass is 32.2. The molecule has 0 aromatic heterocycles. The van der Waals surface area contributed by atoms with Crippen LogP contribution in [0.4, 0.5) is 10.1 Å². The fourth-order valence-corrected chi connectivity index (χ4v) is 3.26. The third kappa shape index (κ3) is 2.94. The molecule has 0 aliphatic heterocycles. The molecular formula is C17H14FNO2S. The van der Waals surface area contributed by atoms with Crippen molar-refractivity contribution in [1.82, 2.24) is 0 Å². The molecule has 0 amide bonds. The van der Waals surface area contributed by atoms with Crippen molar-refractivity contribution in [2.75, 3.05) is 4.72 Å². The molecule has 0 aliphatic rings. The van der Waals surface area contributed by atoms with E-state index in [1.54, 1.807) is 48.5 Å². The summed E-state index contributed by atoms with van der Waals surface area (Å²) < 4.78 is 40.4. The number of nitrogens with one attached hydrogen (secondary N) is 1. The summed E-state index contributed by atoms with van der Waals surface area (Å²) in [6, 6.07) is 16.0. The average molecular weight is 315 g/mol. The monoisotopic (exact) mass is 315 g/mol. The molecule has 112 valence electrons. The first-order valence-corrected chi connectivity index (χ1v) is 8.21. The fourth-order valence-electron chi connectivity index (χ4n) is 2.21. The number of anilines is 1. The van der Waals surface area contributed by atoms with E-state index in [4.69, 9.17) is 0 Å². The molecule has 3 rings (SSSR count). The summed E-state index contributed by atoms with van der Waals surface area (Å²) in [6.45, 7) is 1.89. The Morgan fingerprint density at radius 2 is 1.55 bits per heavy atom. The zero-order valence-corrected chi connectivity index (χ0v) is 12.7. The Labute approximate surface area is 128 Å². The van der Waals surface area contributed by atoms with Crippen LogP contribution in [0, 0.1) is 12.7 Å². The Hall–Kier alpha value is -2.40. The topological polar surface area (TPSA) is 46.2 Å². The highest BCUT2D eigenvalue weighted by Crippen LogP contribution is 2.22. The van der Waals surface area contributed by atoms with Gasteiger partial charge in [-0.3, -0.25) is 4.72 Å². The van der Waals surface area contributed by atoms with Crippen molar-refractivity contribution < 1.29 is 12.8 Å². The Balaban J connectivity index is 1.96. The third-order valence-electron chi connectivity index (χ3n) is 3.39. The van der Waals surface area contributed by atoms with Crippen LogP contribution in [-0.2, 0) is 10.0 Å². The molecule has 0 saturated carbocycles. The number of sulfonamides is 1. The van der Waals surface area contributed by atoms with Crippen molar-refractivity contribution in [1.29, 1.82) is 0 Å². The summed E-state index contributed by atoms with van der Waals surface area (Å²) in [5.41, 5.74) is 1.39. The number of aryl methyl sites for hydroxylation is 1. The van der Waals surface area contributed by atoms with Gasteiger partial charge in [-0.15, -0.1) is 0 Å². The van der Waals surface area contributed by atoms with Crippen molar-refractivity contribution in [3.63, 3.8) is 0 Å². The number of hydrogen-bond donors (Lipinski definition) is 1. The van der Waals surface area contributed by atoms with Gasteiger partial charge in [0.1, 0.15) is 5.82 Å². The second-order valence-electron chi connectivity index (χ2n) is 5.12. The highest BCUT2D eigenvalue weighted by molar-refractivity contribution is 7.92. The molecule has 0 spiro atoms. The minimum Gasteiger partial charge on any atom is -0.280 e. The predicted molar refractivity (Wildman–Crippen MR) is 85.9 cm³/mol. The molecule has 0 saturated heterocycles. The van der Waals surface area contributed by atoms with Crippen LogP contribution in [0.15, 0.2) is 65.6 Å². The molecule has 0 radical (unpaired) electrons. The van der Waals surface area contributed by atoms with Crippen LogP contribution < -0.4 is 4.72 Å². The molecule has 0 fully saturated rings. The molecule has 0 bridgehead atoms. The van der Waals surface area contributed by atoms with Crippen LogP contribution in [-0.4, -0.2) is 8.42 Å². The lowest BCUT2D eigenvalue weighted by Gasteiger charge is -2.09. The van der Waals surface area contributed by atoms with Crippen LogP contribution in [0.3, 0.4) is 0 Å². The molecule has 3 aromatic carbocycles. The minimum absolute atomic E-state index is 0.192. The maximum Gasteiger partial charge on any atom is 0.261 e. The van der Waals surface area contributed by atoms with E-state index in [0.29, 0.717) is 11.1 Å². The second kappa shape index (κ2) is 5.42. The lowest BCUT2D eigenvalue weighted by atomic mass is 10.1. The fraction of sp³-hybridized carbons (Fsp3) is 0.0588. The average Bonchev–Trinajstić information content (AvgIpc) is 2.47. The summed E-state index contributed by atoms with van der Waals surface area (Å²) >= 11 is 0. The van der Waals surface area contributed by atoms with Gasteiger partial charge in [-0.05, 0) is 54.1 Å². The largest absolute Gasteiger partial charge is 0.280 e. The summed E-state index contributed by atoms with van der Waals surface area (Å²) in [5.74, 6) is -0.356. The molecule has 3 nitrogen and oxygen atoms in total. The van der Waals surface area contributed by atoms with E-state index in [0.717, 1.165) is 10.9 Å². The molecule has 1 N–H and O–H groups in total. The van der Waals surface area contributed by atoms with Crippen molar-refractivity contribution in [3.05, 3.63) is 72.0 Å². The highest BCUT2D eigenvalue weighted by Gasteiger charge is 2.13. The van der Waals surface area contributed by atoms with Gasteiger partial charge in [0.15, 0.2) is 0 Å². The summed E-state index contributed by atoms with van der Waals surface area (Å²) in [4.78, 5) is 0.192. The van der Waals surface area contributed by atoms with Gasteiger partial charge in [-0.25, -0.2) is 12.8 Å². The van der Waals surface area contributed by atoms with Crippen LogP contribution >= 0.6 is 0 Å². The van der Waals surface area contributed by atoms with E-state index in [1.165, 1.54) is 12.1 Å². The number of rotatable bonds is 3. The molecule has 0 heterocycles. The van der Waals surface area contributed by atoms with Crippen LogP contribution in [0.2, 0.25) is 0 Å². The SMILES string of the molecule is Cc1ccc(S(=O)(=O)Nc2ccc3ccc(F)cc3c2)cc1. The summed E-state index contributed by atoms with van der Waals surface area (Å²) in [6.07, 6.45) is 0. The van der Waals surface area contributed by atoms with E-state index in [2.05, 4.69) is 4.72 Å². The van der Waals surface area contributed by atoms with Crippen molar-refractivity contribution in [2.45, 2.75) is 11.8 Å². The molecule has 0 aliphatic carbocycles. The van der Waals surface area contributed by atoms with Gasteiger partial charge < -0.3 is 0 Å². The third-order valence-corrected chi connectivity index (χ3v) is 4.78. The maximum absolute atomic E-state index is 13.3. The van der Waals surface area contributed by atoms with E-state index in [9.17, 15) is 12.8 Å². The van der Waals surface area contributed by atoms with Crippen LogP contribution in [0.25, 0.3) is 10.8 Å². The van der Waals surface area contributed by atoms with Gasteiger partial charge in [-0.2, -0.15) is 0 Å². The molecule has 5 heteroatoms. The lowest BCUT2D eigenvalue weighted by Crippen LogP contribution is -2.12. The first kappa shape index (κ1) is 14.5. The second-order valence-corrected chi connectivity index (χ2v) is 6.81. The first-order chi connectivity index (χ1) is 10.4. The van der Waals surface area contributed by atoms with Gasteiger partial charge in [0.25, 0.3) is 10.0 Å². The van der Waals surface area contributed by atoms with Gasteiger partial charge in [-0.1, -0.05) is 29.8 Å². The standard InChI is InChI=1S/C17H14FNO2S/c1-12-2-8-17(9-3-12)22(20,21)19-16-7-5-13-4-6-15(18)10-14(13)11-16/h2-11,19H,1H3. The van der Waals surface area contributed by atoms with Gasteiger partial charge in [0, 0.05) is 5.69 Å². The van der Waals surface area contributed by atoms with Gasteiger partial charge in [0.05, 0.1) is 4.90 Å². The van der Waals surface area contributed by atoms with Crippen LogP contribution in [0.1, 0.15) is 5.56 Å². The normalized spacial score (nSPS) is 11.5. The Morgan fingerprint density at radius 1 is 0.864 bits per heavy atom. The predicted octanol–water partition coefficient (Wildman–Crippen LogP) is 4.09. The molecule has 0 unspecified atom stereocenters. The van der Waals surface area contributed by atoms with Crippen LogP contribution in [0.5, 0.6) is 0 Å². The number of benzene rings is 3. The van der Waals surface area contributed by atoms with E-state index >= 15 is 0 Å². The molecular weight excluding hydrogens is 301 g/mol. The van der Waals surface area contributed by atoms with Gasteiger partial charge >= 0.3 is 0 Å². The van der Waals surface area contributed by atoms with E-state index < -0.39 is 10.0 Å². The van der Waals surface area contributed by atoms with Crippen molar-refractivity contribution in [2.24, 2.45) is 0 Å². The Morgan fingerprint density at radius 3 is 2.27 bits per heavy atom. The zero-order valence-electron chi connectivity index (χ0n) is 11.9. The van der Waals surface area contributed by atoms with Gasteiger partial charge in [0.2, 0.25) is 0 Å². The summed E-state index contributed by atoms with van der Waals surface area (Å²) in [5, 5.41) is 1.49. The number of hydrogen-bond acceptors (Lipinski definition) is 2. The number of fused-ring (bicyclic) bond motifs is 1. The molecule has 3 aromatic rings.